The number of nitrogens with zero attached hydrogens (tertiary/aromatic N) is 1. The average Bonchev–Trinajstić information content (AvgIpc) is 2.43. The summed E-state index contributed by atoms with van der Waals surface area (Å²) in [4.78, 5) is 37.5. The number of carbonyl (C=O) groups is 3. The Hall–Kier alpha value is -2.08. The lowest BCUT2D eigenvalue weighted by Gasteiger charge is -2.29. The molecule has 0 atom stereocenters. The van der Waals surface area contributed by atoms with E-state index in [9.17, 15) is 14.4 Å². The Morgan fingerprint density at radius 1 is 1.33 bits per heavy atom. The molecule has 1 heterocycles. The molecular formula is C15H15NO4S. The normalized spacial score (nSPS) is 15.8. The third-order valence-electron chi connectivity index (χ3n) is 2.75. The number of thioether (sulfide) groups is 1. The Labute approximate surface area is 127 Å². The van der Waals surface area contributed by atoms with Gasteiger partial charge in [-0.25, -0.2) is 4.79 Å². The van der Waals surface area contributed by atoms with Crippen LogP contribution in [0.5, 0.6) is 0 Å². The summed E-state index contributed by atoms with van der Waals surface area (Å²) in [7, 11) is 0. The molecule has 6 heteroatoms. The fourth-order valence-electron chi connectivity index (χ4n) is 1.91. The maximum atomic E-state index is 12.5. The van der Waals surface area contributed by atoms with Crippen molar-refractivity contribution in [3.8, 4) is 0 Å². The summed E-state index contributed by atoms with van der Waals surface area (Å²) in [6, 6.07) is 7.10. The van der Waals surface area contributed by atoms with E-state index in [1.54, 1.807) is 19.1 Å². The maximum Gasteiger partial charge on any atom is 0.333 e. The molecule has 0 saturated carbocycles. The van der Waals surface area contributed by atoms with Gasteiger partial charge in [0.1, 0.15) is 5.78 Å². The summed E-state index contributed by atoms with van der Waals surface area (Å²) in [5, 5.41) is 0.410. The van der Waals surface area contributed by atoms with Gasteiger partial charge in [-0.05, 0) is 26.0 Å². The van der Waals surface area contributed by atoms with Crippen molar-refractivity contribution in [2.24, 2.45) is 0 Å². The number of carbonyl (C=O) groups excluding carboxylic acids is 3. The van der Waals surface area contributed by atoms with Crippen molar-refractivity contribution in [1.82, 2.24) is 4.90 Å². The van der Waals surface area contributed by atoms with E-state index in [1.165, 1.54) is 29.7 Å². The summed E-state index contributed by atoms with van der Waals surface area (Å²) in [6.45, 7) is 3.30. The van der Waals surface area contributed by atoms with Gasteiger partial charge in [-0.2, -0.15) is 0 Å². The second kappa shape index (κ2) is 6.58. The highest BCUT2D eigenvalue weighted by atomic mass is 32.2. The second-order valence-electron chi connectivity index (χ2n) is 4.43. The predicted octanol–water partition coefficient (Wildman–Crippen LogP) is 2.23. The van der Waals surface area contributed by atoms with Gasteiger partial charge < -0.3 is 4.74 Å². The number of ether oxygens (including phenoxy) is 1. The number of amides is 1. The highest BCUT2D eigenvalue weighted by Crippen LogP contribution is 2.37. The molecule has 1 aliphatic heterocycles. The van der Waals surface area contributed by atoms with Crippen LogP contribution in [0.25, 0.3) is 0 Å². The zero-order valence-electron chi connectivity index (χ0n) is 11.8. The van der Waals surface area contributed by atoms with Crippen LogP contribution in [0.15, 0.2) is 40.3 Å². The van der Waals surface area contributed by atoms with Crippen LogP contribution in [-0.2, 0) is 14.3 Å². The molecule has 0 radical (unpaired) electrons. The van der Waals surface area contributed by atoms with E-state index in [1.807, 2.05) is 12.1 Å². The number of hydrogen-bond donors (Lipinski definition) is 0. The van der Waals surface area contributed by atoms with Crippen LogP contribution in [0.3, 0.4) is 0 Å². The number of hydrogen-bond acceptors (Lipinski definition) is 5. The molecule has 21 heavy (non-hydrogen) atoms. The van der Waals surface area contributed by atoms with Crippen molar-refractivity contribution in [2.45, 2.75) is 18.7 Å². The number of ketones is 1. The van der Waals surface area contributed by atoms with Gasteiger partial charge in [0, 0.05) is 4.90 Å². The van der Waals surface area contributed by atoms with E-state index in [0.717, 1.165) is 4.90 Å². The molecule has 1 aliphatic rings. The predicted molar refractivity (Wildman–Crippen MR) is 78.7 cm³/mol. The third-order valence-corrected chi connectivity index (χ3v) is 3.88. The van der Waals surface area contributed by atoms with E-state index >= 15 is 0 Å². The molecule has 0 saturated heterocycles. The Balaban J connectivity index is 2.40. The molecule has 0 fully saturated rings. The second-order valence-corrected chi connectivity index (χ2v) is 5.49. The smallest absolute Gasteiger partial charge is 0.333 e. The fraction of sp³-hybridized carbons (Fsp3) is 0.267. The van der Waals surface area contributed by atoms with Crippen molar-refractivity contribution in [2.75, 3.05) is 13.2 Å². The number of benzene rings is 1. The zero-order valence-corrected chi connectivity index (χ0v) is 12.6. The van der Waals surface area contributed by atoms with E-state index in [2.05, 4.69) is 0 Å². The van der Waals surface area contributed by atoms with Crippen molar-refractivity contribution < 1.29 is 19.1 Å². The minimum Gasteiger partial charge on any atom is -0.463 e. The molecule has 0 aromatic heterocycles. The quantitative estimate of drug-likeness (QED) is 0.630. The van der Waals surface area contributed by atoms with Crippen molar-refractivity contribution in [1.29, 1.82) is 0 Å². The number of Topliss-reactive ketones (excluding diaryl/α,β-unsaturated/α-hetero) is 1. The first-order valence-electron chi connectivity index (χ1n) is 6.49. The first-order valence-corrected chi connectivity index (χ1v) is 7.31. The van der Waals surface area contributed by atoms with Gasteiger partial charge in [0.05, 0.1) is 29.8 Å². The molecule has 0 aliphatic carbocycles. The fourth-order valence-corrected chi connectivity index (χ4v) is 2.96. The van der Waals surface area contributed by atoms with Gasteiger partial charge in [0.15, 0.2) is 0 Å². The molecule has 0 spiro atoms. The number of rotatable bonds is 4. The zero-order chi connectivity index (χ0) is 15.4. The van der Waals surface area contributed by atoms with Crippen LogP contribution < -0.4 is 0 Å². The standard InChI is InChI=1S/C15H15NO4S/c1-3-20-14(18)8-13-16(9-10(2)17)15(19)11-6-4-5-7-12(11)21-13/h4-8H,3,9H2,1-2H3. The molecule has 1 amide bonds. The van der Waals surface area contributed by atoms with Crippen molar-refractivity contribution in [3.63, 3.8) is 0 Å². The molecule has 0 bridgehead atoms. The average molecular weight is 305 g/mol. The number of fused-ring (bicyclic) bond motifs is 1. The summed E-state index contributed by atoms with van der Waals surface area (Å²) < 4.78 is 4.87. The summed E-state index contributed by atoms with van der Waals surface area (Å²) in [5.74, 6) is -0.964. The van der Waals surface area contributed by atoms with E-state index in [0.29, 0.717) is 10.6 Å². The first kappa shape index (κ1) is 15.3. The largest absolute Gasteiger partial charge is 0.463 e. The summed E-state index contributed by atoms with van der Waals surface area (Å²) in [6.07, 6.45) is 1.25. The highest BCUT2D eigenvalue weighted by molar-refractivity contribution is 8.03. The Morgan fingerprint density at radius 3 is 2.71 bits per heavy atom. The minimum atomic E-state index is -0.527. The van der Waals surface area contributed by atoms with Crippen LogP contribution >= 0.6 is 11.8 Å². The van der Waals surface area contributed by atoms with Gasteiger partial charge in [-0.1, -0.05) is 23.9 Å². The highest BCUT2D eigenvalue weighted by Gasteiger charge is 2.30. The first-order chi connectivity index (χ1) is 10.0. The van der Waals surface area contributed by atoms with E-state index < -0.39 is 5.97 Å². The monoisotopic (exact) mass is 305 g/mol. The Kier molecular flexibility index (Phi) is 4.80. The van der Waals surface area contributed by atoms with Gasteiger partial charge in [-0.3, -0.25) is 14.5 Å². The maximum absolute atomic E-state index is 12.5. The van der Waals surface area contributed by atoms with Gasteiger partial charge in [0.2, 0.25) is 0 Å². The lowest BCUT2D eigenvalue weighted by atomic mass is 10.2. The van der Waals surface area contributed by atoms with Crippen LogP contribution in [0.4, 0.5) is 0 Å². The van der Waals surface area contributed by atoms with Crippen molar-refractivity contribution in [3.05, 3.63) is 40.9 Å². The molecule has 5 nitrogen and oxygen atoms in total. The number of esters is 1. The molecular weight excluding hydrogens is 290 g/mol. The van der Waals surface area contributed by atoms with Crippen molar-refractivity contribution >= 4 is 29.4 Å². The molecule has 0 N–H and O–H groups in total. The summed E-state index contributed by atoms with van der Waals surface area (Å²) >= 11 is 1.28. The van der Waals surface area contributed by atoms with Crippen LogP contribution in [-0.4, -0.2) is 35.7 Å². The lowest BCUT2D eigenvalue weighted by molar-refractivity contribution is -0.137. The molecule has 1 aromatic carbocycles. The molecule has 2 rings (SSSR count). The van der Waals surface area contributed by atoms with Crippen LogP contribution in [0.1, 0.15) is 24.2 Å². The molecule has 110 valence electrons. The summed E-state index contributed by atoms with van der Waals surface area (Å²) in [5.41, 5.74) is 0.532. The van der Waals surface area contributed by atoms with Gasteiger partial charge in [0.25, 0.3) is 5.91 Å². The third kappa shape index (κ3) is 3.52. The SMILES string of the molecule is CCOC(=O)C=C1Sc2ccccc2C(=O)N1CC(C)=O. The van der Waals surface area contributed by atoms with Crippen LogP contribution in [0, 0.1) is 0 Å². The van der Waals surface area contributed by atoms with Gasteiger partial charge >= 0.3 is 5.97 Å². The minimum absolute atomic E-state index is 0.0641. The Morgan fingerprint density at radius 2 is 2.05 bits per heavy atom. The van der Waals surface area contributed by atoms with E-state index in [-0.39, 0.29) is 24.8 Å². The molecule has 1 aromatic rings. The lowest BCUT2D eigenvalue weighted by Crippen LogP contribution is -2.36. The van der Waals surface area contributed by atoms with Crippen LogP contribution in [0.2, 0.25) is 0 Å². The Bertz CT molecular complexity index is 624. The van der Waals surface area contributed by atoms with E-state index in [4.69, 9.17) is 4.74 Å². The van der Waals surface area contributed by atoms with Gasteiger partial charge in [-0.15, -0.1) is 0 Å². The molecule has 0 unspecified atom stereocenters. The topological polar surface area (TPSA) is 63.7 Å².